The van der Waals surface area contributed by atoms with E-state index in [9.17, 15) is 20.2 Å². The number of piperidine rings is 1. The van der Waals surface area contributed by atoms with Crippen molar-refractivity contribution < 1.29 is 18.6 Å². The van der Waals surface area contributed by atoms with E-state index in [2.05, 4.69) is 10.3 Å². The largest absolute Gasteiger partial charge is 0.459 e. The number of anilines is 1. The summed E-state index contributed by atoms with van der Waals surface area (Å²) in [5, 5.41) is 23.0. The molecule has 31 heavy (non-hydrogen) atoms. The lowest BCUT2D eigenvalue weighted by Crippen LogP contribution is -2.40. The van der Waals surface area contributed by atoms with Gasteiger partial charge in [-0.3, -0.25) is 14.9 Å². The van der Waals surface area contributed by atoms with Crippen molar-refractivity contribution in [1.82, 2.24) is 10.3 Å². The minimum atomic E-state index is -0.458. The Morgan fingerprint density at radius 1 is 1.29 bits per heavy atom. The standard InChI is InChI=1S/C21H19N5O5/c22-12-17-21(31-20(24-17)18-2-1-11-30-18)25-9-7-15(8-10-25)19(27)23-13-14-3-5-16(6-4-14)26(28)29/h1-6,11,15H,7-10,13H2,(H,23,27). The van der Waals surface area contributed by atoms with Crippen LogP contribution >= 0.6 is 0 Å². The third-order valence-electron chi connectivity index (χ3n) is 5.21. The zero-order chi connectivity index (χ0) is 21.8. The van der Waals surface area contributed by atoms with Crippen molar-refractivity contribution in [1.29, 1.82) is 5.26 Å². The van der Waals surface area contributed by atoms with E-state index in [0.717, 1.165) is 5.56 Å². The molecule has 0 aliphatic carbocycles. The van der Waals surface area contributed by atoms with Gasteiger partial charge in [0, 0.05) is 37.7 Å². The maximum absolute atomic E-state index is 12.5. The lowest BCUT2D eigenvalue weighted by Gasteiger charge is -2.30. The summed E-state index contributed by atoms with van der Waals surface area (Å²) in [5.74, 6) is 0.862. The van der Waals surface area contributed by atoms with Crippen LogP contribution in [0.5, 0.6) is 0 Å². The number of oxazole rings is 1. The first-order chi connectivity index (χ1) is 15.0. The van der Waals surface area contributed by atoms with E-state index in [1.165, 1.54) is 18.4 Å². The van der Waals surface area contributed by atoms with E-state index in [1.807, 2.05) is 11.0 Å². The minimum Gasteiger partial charge on any atom is -0.459 e. The van der Waals surface area contributed by atoms with Crippen LogP contribution in [0.25, 0.3) is 11.7 Å². The van der Waals surface area contributed by atoms with Crippen LogP contribution in [-0.4, -0.2) is 28.9 Å². The highest BCUT2D eigenvalue weighted by molar-refractivity contribution is 5.79. The molecule has 10 nitrogen and oxygen atoms in total. The van der Waals surface area contributed by atoms with E-state index in [0.29, 0.717) is 44.1 Å². The van der Waals surface area contributed by atoms with Crippen LogP contribution in [0.4, 0.5) is 11.6 Å². The van der Waals surface area contributed by atoms with Crippen molar-refractivity contribution in [2.24, 2.45) is 5.92 Å². The Morgan fingerprint density at radius 2 is 2.03 bits per heavy atom. The fourth-order valence-electron chi connectivity index (χ4n) is 3.52. The molecular formula is C21H19N5O5. The first kappa shape index (κ1) is 20.2. The Morgan fingerprint density at radius 3 is 2.65 bits per heavy atom. The number of hydrogen-bond acceptors (Lipinski definition) is 8. The summed E-state index contributed by atoms with van der Waals surface area (Å²) < 4.78 is 11.0. The molecule has 10 heteroatoms. The highest BCUT2D eigenvalue weighted by Gasteiger charge is 2.29. The third kappa shape index (κ3) is 4.40. The van der Waals surface area contributed by atoms with Crippen LogP contribution in [0.2, 0.25) is 0 Å². The SMILES string of the molecule is N#Cc1nc(-c2ccco2)oc1N1CCC(C(=O)NCc2ccc([N+](=O)[O-])cc2)CC1. The van der Waals surface area contributed by atoms with Gasteiger partial charge in [-0.15, -0.1) is 0 Å². The van der Waals surface area contributed by atoms with Crippen LogP contribution in [0.1, 0.15) is 24.1 Å². The van der Waals surface area contributed by atoms with Gasteiger partial charge in [-0.05, 0) is 30.5 Å². The Bertz CT molecular complexity index is 1110. The highest BCUT2D eigenvalue weighted by atomic mass is 16.6. The highest BCUT2D eigenvalue weighted by Crippen LogP contribution is 2.31. The van der Waals surface area contributed by atoms with Gasteiger partial charge in [0.15, 0.2) is 5.76 Å². The summed E-state index contributed by atoms with van der Waals surface area (Å²) in [6.45, 7) is 1.42. The lowest BCUT2D eigenvalue weighted by atomic mass is 9.96. The van der Waals surface area contributed by atoms with Gasteiger partial charge in [-0.25, -0.2) is 0 Å². The number of amides is 1. The number of hydrogen-bond donors (Lipinski definition) is 1. The van der Waals surface area contributed by atoms with Gasteiger partial charge < -0.3 is 19.1 Å². The fraction of sp³-hybridized carbons (Fsp3) is 0.286. The predicted molar refractivity (Wildman–Crippen MR) is 109 cm³/mol. The molecule has 0 saturated carbocycles. The van der Waals surface area contributed by atoms with Crippen molar-refractivity contribution >= 4 is 17.5 Å². The zero-order valence-corrected chi connectivity index (χ0v) is 16.5. The number of carbonyl (C=O) groups is 1. The summed E-state index contributed by atoms with van der Waals surface area (Å²) in [7, 11) is 0. The van der Waals surface area contributed by atoms with Gasteiger partial charge in [-0.2, -0.15) is 10.2 Å². The molecule has 0 unspecified atom stereocenters. The molecular weight excluding hydrogens is 402 g/mol. The van der Waals surface area contributed by atoms with Crippen molar-refractivity contribution in [3.63, 3.8) is 0 Å². The summed E-state index contributed by atoms with van der Waals surface area (Å²) in [6.07, 6.45) is 2.72. The minimum absolute atomic E-state index is 0.0156. The molecule has 2 aromatic heterocycles. The van der Waals surface area contributed by atoms with Crippen molar-refractivity contribution in [3.05, 3.63) is 64.0 Å². The first-order valence-electron chi connectivity index (χ1n) is 9.76. The zero-order valence-electron chi connectivity index (χ0n) is 16.5. The fourth-order valence-corrected chi connectivity index (χ4v) is 3.52. The number of nitriles is 1. The molecule has 3 aromatic rings. The average Bonchev–Trinajstić information content (AvgIpc) is 3.47. The van der Waals surface area contributed by atoms with E-state index in [4.69, 9.17) is 8.83 Å². The van der Waals surface area contributed by atoms with Crippen LogP contribution in [0.3, 0.4) is 0 Å². The van der Waals surface area contributed by atoms with Crippen LogP contribution in [-0.2, 0) is 11.3 Å². The number of non-ortho nitro benzene ring substituents is 1. The maximum Gasteiger partial charge on any atom is 0.269 e. The first-order valence-corrected chi connectivity index (χ1v) is 9.76. The van der Waals surface area contributed by atoms with Crippen molar-refractivity contribution in [2.75, 3.05) is 18.0 Å². The van der Waals surface area contributed by atoms with E-state index >= 15 is 0 Å². The molecule has 1 aliphatic heterocycles. The molecule has 4 rings (SSSR count). The van der Waals surface area contributed by atoms with E-state index in [1.54, 1.807) is 24.3 Å². The molecule has 1 aromatic carbocycles. The van der Waals surface area contributed by atoms with E-state index in [-0.39, 0.29) is 29.1 Å². The van der Waals surface area contributed by atoms with Crippen LogP contribution in [0.15, 0.2) is 51.5 Å². The molecule has 1 aliphatic rings. The number of nitrogens with one attached hydrogen (secondary N) is 1. The summed E-state index contributed by atoms with van der Waals surface area (Å²) >= 11 is 0. The number of carbonyl (C=O) groups excluding carboxylic acids is 1. The number of nitrogens with zero attached hydrogens (tertiary/aromatic N) is 4. The van der Waals surface area contributed by atoms with Crippen LogP contribution < -0.4 is 10.2 Å². The molecule has 1 saturated heterocycles. The number of nitro benzene ring substituents is 1. The predicted octanol–water partition coefficient (Wildman–Crippen LogP) is 3.25. The maximum atomic E-state index is 12.5. The van der Waals surface area contributed by atoms with Crippen LogP contribution in [0, 0.1) is 27.4 Å². The second-order valence-corrected chi connectivity index (χ2v) is 7.16. The lowest BCUT2D eigenvalue weighted by molar-refractivity contribution is -0.384. The van der Waals surface area contributed by atoms with Crippen molar-refractivity contribution in [3.8, 4) is 17.7 Å². The molecule has 0 spiro atoms. The summed E-state index contributed by atoms with van der Waals surface area (Å²) in [4.78, 5) is 28.9. The normalized spacial score (nSPS) is 14.2. The molecule has 0 radical (unpaired) electrons. The number of rotatable bonds is 6. The Balaban J connectivity index is 1.33. The number of furan rings is 1. The van der Waals surface area contributed by atoms with Gasteiger partial charge in [0.05, 0.1) is 11.2 Å². The number of benzene rings is 1. The summed E-state index contributed by atoms with van der Waals surface area (Å²) in [6, 6.07) is 11.6. The Kier molecular flexibility index (Phi) is 5.66. The molecule has 1 fully saturated rings. The second-order valence-electron chi connectivity index (χ2n) is 7.16. The Labute approximate surface area is 177 Å². The van der Waals surface area contributed by atoms with Gasteiger partial charge in [0.25, 0.3) is 11.6 Å². The van der Waals surface area contributed by atoms with Crippen molar-refractivity contribution in [2.45, 2.75) is 19.4 Å². The molecule has 1 N–H and O–H groups in total. The third-order valence-corrected chi connectivity index (χ3v) is 5.21. The number of nitro groups is 1. The Hall–Kier alpha value is -4.13. The van der Waals surface area contributed by atoms with Gasteiger partial charge >= 0.3 is 0 Å². The molecule has 0 bridgehead atoms. The molecule has 0 atom stereocenters. The van der Waals surface area contributed by atoms with Gasteiger partial charge in [0.1, 0.15) is 6.07 Å². The smallest absolute Gasteiger partial charge is 0.269 e. The number of aromatic nitrogens is 1. The average molecular weight is 421 g/mol. The van der Waals surface area contributed by atoms with Gasteiger partial charge in [0.2, 0.25) is 17.5 Å². The summed E-state index contributed by atoms with van der Waals surface area (Å²) in [5.41, 5.74) is 0.997. The van der Waals surface area contributed by atoms with E-state index < -0.39 is 4.92 Å². The molecule has 3 heterocycles. The second kappa shape index (κ2) is 8.71. The quantitative estimate of drug-likeness (QED) is 0.473. The topological polar surface area (TPSA) is 138 Å². The monoisotopic (exact) mass is 421 g/mol. The molecule has 1 amide bonds. The van der Waals surface area contributed by atoms with Gasteiger partial charge in [-0.1, -0.05) is 12.1 Å². The molecule has 158 valence electrons.